The SMILES string of the molecule is CC(C)C1CCCN(c2ccc(CCl)cc2C#N)CC1. The molecule has 0 saturated carbocycles. The van der Waals surface area contributed by atoms with Gasteiger partial charge in [-0.1, -0.05) is 19.9 Å². The van der Waals surface area contributed by atoms with Gasteiger partial charge in [0, 0.05) is 19.0 Å². The van der Waals surface area contributed by atoms with Crippen molar-refractivity contribution in [3.63, 3.8) is 0 Å². The van der Waals surface area contributed by atoms with Gasteiger partial charge in [0.15, 0.2) is 0 Å². The Morgan fingerprint density at radius 2 is 2.15 bits per heavy atom. The molecule has 0 aliphatic carbocycles. The first-order valence-electron chi connectivity index (χ1n) is 7.49. The van der Waals surface area contributed by atoms with E-state index in [4.69, 9.17) is 11.6 Å². The second-order valence-corrected chi connectivity index (χ2v) is 6.29. The number of alkyl halides is 1. The van der Waals surface area contributed by atoms with E-state index >= 15 is 0 Å². The van der Waals surface area contributed by atoms with Crippen molar-refractivity contribution in [1.82, 2.24) is 0 Å². The lowest BCUT2D eigenvalue weighted by molar-refractivity contribution is 0.351. The molecular weight excluding hydrogens is 268 g/mol. The largest absolute Gasteiger partial charge is 0.370 e. The molecule has 1 aliphatic rings. The average Bonchev–Trinajstić information content (AvgIpc) is 2.72. The van der Waals surface area contributed by atoms with Crippen LogP contribution in [-0.2, 0) is 5.88 Å². The molecule has 1 unspecified atom stereocenters. The lowest BCUT2D eigenvalue weighted by atomic mass is 9.89. The monoisotopic (exact) mass is 290 g/mol. The van der Waals surface area contributed by atoms with Crippen LogP contribution in [0.25, 0.3) is 0 Å². The van der Waals surface area contributed by atoms with Gasteiger partial charge in [-0.2, -0.15) is 5.26 Å². The first-order valence-corrected chi connectivity index (χ1v) is 8.03. The second-order valence-electron chi connectivity index (χ2n) is 6.02. The molecule has 1 fully saturated rings. The zero-order valence-electron chi connectivity index (χ0n) is 12.4. The first kappa shape index (κ1) is 15.2. The molecule has 20 heavy (non-hydrogen) atoms. The van der Waals surface area contributed by atoms with Crippen molar-refractivity contribution in [2.45, 2.75) is 39.0 Å². The fourth-order valence-electron chi connectivity index (χ4n) is 3.06. The number of anilines is 1. The topological polar surface area (TPSA) is 27.0 Å². The molecule has 108 valence electrons. The Morgan fingerprint density at radius 1 is 1.35 bits per heavy atom. The number of nitrogens with zero attached hydrogens (tertiary/aromatic N) is 2. The maximum atomic E-state index is 9.36. The molecule has 3 heteroatoms. The van der Waals surface area contributed by atoms with Gasteiger partial charge in [-0.15, -0.1) is 11.6 Å². The van der Waals surface area contributed by atoms with Gasteiger partial charge in [0.1, 0.15) is 6.07 Å². The van der Waals surface area contributed by atoms with Gasteiger partial charge >= 0.3 is 0 Å². The van der Waals surface area contributed by atoms with Crippen molar-refractivity contribution in [2.24, 2.45) is 11.8 Å². The smallest absolute Gasteiger partial charge is 0.101 e. The lowest BCUT2D eigenvalue weighted by Crippen LogP contribution is -2.25. The van der Waals surface area contributed by atoms with Gasteiger partial charge in [-0.25, -0.2) is 0 Å². The summed E-state index contributed by atoms with van der Waals surface area (Å²) < 4.78 is 0. The van der Waals surface area contributed by atoms with E-state index in [1.165, 1.54) is 19.3 Å². The minimum Gasteiger partial charge on any atom is -0.370 e. The molecule has 0 aromatic heterocycles. The highest BCUT2D eigenvalue weighted by Gasteiger charge is 2.21. The summed E-state index contributed by atoms with van der Waals surface area (Å²) in [5.41, 5.74) is 2.85. The van der Waals surface area contributed by atoms with Gasteiger partial charge in [0.05, 0.1) is 11.3 Å². The standard InChI is InChI=1S/C17H23ClN2/c1-13(2)15-4-3-8-20(9-7-15)17-6-5-14(11-18)10-16(17)12-19/h5-6,10,13,15H,3-4,7-9,11H2,1-2H3. The Bertz CT molecular complexity index is 490. The van der Waals surface area contributed by atoms with Crippen molar-refractivity contribution < 1.29 is 0 Å². The predicted octanol–water partition coefficient (Wildman–Crippen LogP) is 4.56. The van der Waals surface area contributed by atoms with Gasteiger partial charge < -0.3 is 4.90 Å². The van der Waals surface area contributed by atoms with Crippen LogP contribution in [0.4, 0.5) is 5.69 Å². The predicted molar refractivity (Wildman–Crippen MR) is 85.1 cm³/mol. The summed E-state index contributed by atoms with van der Waals surface area (Å²) in [7, 11) is 0. The summed E-state index contributed by atoms with van der Waals surface area (Å²) >= 11 is 5.85. The molecule has 0 radical (unpaired) electrons. The van der Waals surface area contributed by atoms with Crippen LogP contribution in [-0.4, -0.2) is 13.1 Å². The first-order chi connectivity index (χ1) is 9.65. The van der Waals surface area contributed by atoms with E-state index in [9.17, 15) is 5.26 Å². The summed E-state index contributed by atoms with van der Waals surface area (Å²) in [5.74, 6) is 2.03. The van der Waals surface area contributed by atoms with E-state index in [1.807, 2.05) is 12.1 Å². The van der Waals surface area contributed by atoms with E-state index in [1.54, 1.807) is 0 Å². The number of nitriles is 1. The van der Waals surface area contributed by atoms with E-state index in [0.717, 1.165) is 41.7 Å². The molecule has 1 atom stereocenters. The molecular formula is C17H23ClN2. The van der Waals surface area contributed by atoms with Crippen LogP contribution in [0, 0.1) is 23.2 Å². The Morgan fingerprint density at radius 3 is 2.80 bits per heavy atom. The highest BCUT2D eigenvalue weighted by molar-refractivity contribution is 6.17. The van der Waals surface area contributed by atoms with Crippen LogP contribution in [0.2, 0.25) is 0 Å². The molecule has 0 N–H and O–H groups in total. The third kappa shape index (κ3) is 3.46. The molecule has 2 nitrogen and oxygen atoms in total. The number of hydrogen-bond acceptors (Lipinski definition) is 2. The maximum absolute atomic E-state index is 9.36. The van der Waals surface area contributed by atoms with Crippen molar-refractivity contribution >= 4 is 17.3 Å². The minimum absolute atomic E-state index is 0.463. The van der Waals surface area contributed by atoms with Gasteiger partial charge in [0.25, 0.3) is 0 Å². The summed E-state index contributed by atoms with van der Waals surface area (Å²) in [6, 6.07) is 8.34. The molecule has 2 rings (SSSR count). The van der Waals surface area contributed by atoms with E-state index in [0.29, 0.717) is 5.88 Å². The van der Waals surface area contributed by atoms with Crippen LogP contribution >= 0.6 is 11.6 Å². The third-order valence-corrected chi connectivity index (χ3v) is 4.70. The maximum Gasteiger partial charge on any atom is 0.101 e. The van der Waals surface area contributed by atoms with Crippen LogP contribution in [0.1, 0.15) is 44.2 Å². The van der Waals surface area contributed by atoms with Gasteiger partial charge in [-0.3, -0.25) is 0 Å². The zero-order chi connectivity index (χ0) is 14.5. The van der Waals surface area contributed by atoms with Crippen molar-refractivity contribution in [3.8, 4) is 6.07 Å². The second kappa shape index (κ2) is 6.99. The fourth-order valence-corrected chi connectivity index (χ4v) is 3.23. The molecule has 1 heterocycles. The summed E-state index contributed by atoms with van der Waals surface area (Å²) in [6.45, 7) is 6.74. The molecule has 0 spiro atoms. The van der Waals surface area contributed by atoms with E-state index < -0.39 is 0 Å². The normalized spacial score (nSPS) is 19.8. The minimum atomic E-state index is 0.463. The van der Waals surface area contributed by atoms with Crippen molar-refractivity contribution in [1.29, 1.82) is 5.26 Å². The summed E-state index contributed by atoms with van der Waals surface area (Å²) in [6.07, 6.45) is 3.74. The lowest BCUT2D eigenvalue weighted by Gasteiger charge is -2.24. The Hall–Kier alpha value is -1.20. The average molecular weight is 291 g/mol. The number of halogens is 1. The molecule has 0 amide bonds. The summed E-state index contributed by atoms with van der Waals surface area (Å²) in [5, 5.41) is 9.36. The quantitative estimate of drug-likeness (QED) is 0.763. The fraction of sp³-hybridized carbons (Fsp3) is 0.588. The van der Waals surface area contributed by atoms with Crippen LogP contribution in [0.5, 0.6) is 0 Å². The number of benzene rings is 1. The third-order valence-electron chi connectivity index (χ3n) is 4.39. The number of hydrogen-bond donors (Lipinski definition) is 0. The van der Waals surface area contributed by atoms with E-state index in [2.05, 4.69) is 30.9 Å². The Labute approximate surface area is 127 Å². The highest BCUT2D eigenvalue weighted by atomic mass is 35.5. The van der Waals surface area contributed by atoms with Crippen LogP contribution in [0.3, 0.4) is 0 Å². The van der Waals surface area contributed by atoms with Gasteiger partial charge in [0.2, 0.25) is 0 Å². The van der Waals surface area contributed by atoms with Gasteiger partial charge in [-0.05, 0) is 48.8 Å². The van der Waals surface area contributed by atoms with Crippen LogP contribution < -0.4 is 4.90 Å². The van der Waals surface area contributed by atoms with Crippen LogP contribution in [0.15, 0.2) is 18.2 Å². The summed E-state index contributed by atoms with van der Waals surface area (Å²) in [4.78, 5) is 2.37. The molecule has 0 bridgehead atoms. The Kier molecular flexibility index (Phi) is 5.31. The zero-order valence-corrected chi connectivity index (χ0v) is 13.2. The molecule has 1 aromatic rings. The Balaban J connectivity index is 2.17. The van der Waals surface area contributed by atoms with E-state index in [-0.39, 0.29) is 0 Å². The van der Waals surface area contributed by atoms with Crippen molar-refractivity contribution in [3.05, 3.63) is 29.3 Å². The number of rotatable bonds is 3. The molecule has 1 aliphatic heterocycles. The van der Waals surface area contributed by atoms with Crippen molar-refractivity contribution in [2.75, 3.05) is 18.0 Å². The highest BCUT2D eigenvalue weighted by Crippen LogP contribution is 2.29. The molecule has 1 saturated heterocycles. The molecule has 1 aromatic carbocycles.